The molecular formula is C23H28N4O6. The third-order valence-electron chi connectivity index (χ3n) is 5.92. The third kappa shape index (κ3) is 5.00. The lowest BCUT2D eigenvalue weighted by Crippen LogP contribution is -2.54. The maximum atomic E-state index is 13.3. The molecule has 0 unspecified atom stereocenters. The Morgan fingerprint density at radius 2 is 2.06 bits per heavy atom. The highest BCUT2D eigenvalue weighted by Crippen LogP contribution is 2.32. The standard InChI is InChI=1S/C23H28N4O6/c1-4-24-21(28)11-15-6-7-18-20(32-15)12-31-19-8-5-14(10-16(19)23(30)27(18)3)25-22(29)17-9-13(2)33-26-17/h5,8-10,15,18,20H,4,6-7,11-12H2,1-3H3,(H,24,28)(H,25,29)/t15-,18+,20+/m0/s1. The maximum absolute atomic E-state index is 13.3. The molecule has 4 rings (SSSR count). The van der Waals surface area contributed by atoms with Crippen molar-refractivity contribution >= 4 is 23.4 Å². The minimum atomic E-state index is -0.432. The minimum Gasteiger partial charge on any atom is -0.490 e. The van der Waals surface area contributed by atoms with Crippen LogP contribution in [0.15, 0.2) is 28.8 Å². The zero-order valence-corrected chi connectivity index (χ0v) is 18.9. The molecule has 2 aliphatic heterocycles. The molecule has 1 fully saturated rings. The van der Waals surface area contributed by atoms with Crippen LogP contribution in [0.2, 0.25) is 0 Å². The first-order valence-corrected chi connectivity index (χ1v) is 11.1. The van der Waals surface area contributed by atoms with E-state index in [-0.39, 0.29) is 42.4 Å². The van der Waals surface area contributed by atoms with Crippen LogP contribution in [-0.4, -0.2) is 66.2 Å². The van der Waals surface area contributed by atoms with Gasteiger partial charge in [0.1, 0.15) is 24.2 Å². The summed E-state index contributed by atoms with van der Waals surface area (Å²) >= 11 is 0. The monoisotopic (exact) mass is 456 g/mol. The van der Waals surface area contributed by atoms with E-state index in [0.29, 0.717) is 48.6 Å². The predicted molar refractivity (Wildman–Crippen MR) is 118 cm³/mol. The van der Waals surface area contributed by atoms with Crippen LogP contribution in [0.25, 0.3) is 0 Å². The zero-order chi connectivity index (χ0) is 23.5. The van der Waals surface area contributed by atoms with E-state index in [2.05, 4.69) is 15.8 Å². The Morgan fingerprint density at radius 1 is 1.24 bits per heavy atom. The number of aromatic nitrogens is 1. The van der Waals surface area contributed by atoms with Crippen molar-refractivity contribution in [1.29, 1.82) is 0 Å². The first-order valence-electron chi connectivity index (χ1n) is 11.1. The Morgan fingerprint density at radius 3 is 2.79 bits per heavy atom. The molecule has 3 amide bonds. The number of carbonyl (C=O) groups is 3. The molecule has 1 aromatic heterocycles. The lowest BCUT2D eigenvalue weighted by Gasteiger charge is -2.42. The van der Waals surface area contributed by atoms with Crippen LogP contribution >= 0.6 is 0 Å². The number of nitrogens with one attached hydrogen (secondary N) is 2. The Kier molecular flexibility index (Phi) is 6.64. The number of aryl methyl sites for hydroxylation is 1. The predicted octanol–water partition coefficient (Wildman–Crippen LogP) is 2.14. The minimum absolute atomic E-state index is 0.0437. The maximum Gasteiger partial charge on any atom is 0.277 e. The van der Waals surface area contributed by atoms with Crippen molar-refractivity contribution in [2.45, 2.75) is 51.4 Å². The first kappa shape index (κ1) is 22.8. The van der Waals surface area contributed by atoms with Crippen molar-refractivity contribution in [2.75, 3.05) is 25.5 Å². The first-order chi connectivity index (χ1) is 15.9. The van der Waals surface area contributed by atoms with E-state index < -0.39 is 5.91 Å². The quantitative estimate of drug-likeness (QED) is 0.707. The molecule has 10 nitrogen and oxygen atoms in total. The van der Waals surface area contributed by atoms with Crippen LogP contribution in [0, 0.1) is 6.92 Å². The van der Waals surface area contributed by atoms with Crippen molar-refractivity contribution < 1.29 is 28.4 Å². The van der Waals surface area contributed by atoms with Crippen LogP contribution < -0.4 is 15.4 Å². The van der Waals surface area contributed by atoms with Gasteiger partial charge in [0.25, 0.3) is 11.8 Å². The number of likely N-dealkylation sites (N-methyl/N-ethyl adjacent to an activating group) is 1. The normalized spacial score (nSPS) is 22.3. The van der Waals surface area contributed by atoms with E-state index in [4.69, 9.17) is 14.0 Å². The molecule has 3 heterocycles. The van der Waals surface area contributed by atoms with Crippen molar-refractivity contribution in [2.24, 2.45) is 0 Å². The molecule has 176 valence electrons. The second-order valence-corrected chi connectivity index (χ2v) is 8.31. The molecule has 10 heteroatoms. The Hall–Kier alpha value is -3.40. The van der Waals surface area contributed by atoms with Gasteiger partial charge in [-0.25, -0.2) is 0 Å². The van der Waals surface area contributed by atoms with E-state index >= 15 is 0 Å². The average Bonchev–Trinajstić information content (AvgIpc) is 3.23. The largest absolute Gasteiger partial charge is 0.490 e. The van der Waals surface area contributed by atoms with Gasteiger partial charge in [-0.2, -0.15) is 0 Å². The van der Waals surface area contributed by atoms with Crippen LogP contribution in [0.5, 0.6) is 5.75 Å². The fourth-order valence-electron chi connectivity index (χ4n) is 4.25. The van der Waals surface area contributed by atoms with Crippen LogP contribution in [0.1, 0.15) is 52.8 Å². The van der Waals surface area contributed by atoms with E-state index in [1.54, 1.807) is 37.1 Å². The number of nitrogens with zero attached hydrogens (tertiary/aromatic N) is 2. The molecular weight excluding hydrogens is 428 g/mol. The fraction of sp³-hybridized carbons (Fsp3) is 0.478. The Bertz CT molecular complexity index is 1050. The number of hydrogen-bond acceptors (Lipinski definition) is 7. The second kappa shape index (κ2) is 9.62. The van der Waals surface area contributed by atoms with Gasteiger partial charge in [0.05, 0.1) is 24.1 Å². The summed E-state index contributed by atoms with van der Waals surface area (Å²) in [4.78, 5) is 39.3. The van der Waals surface area contributed by atoms with E-state index in [1.165, 1.54) is 6.07 Å². The molecule has 0 radical (unpaired) electrons. The smallest absolute Gasteiger partial charge is 0.277 e. The summed E-state index contributed by atoms with van der Waals surface area (Å²) in [5.74, 6) is 0.242. The highest BCUT2D eigenvalue weighted by Gasteiger charge is 2.39. The number of benzene rings is 1. The Labute approximate surface area is 191 Å². The summed E-state index contributed by atoms with van der Waals surface area (Å²) in [7, 11) is 1.74. The molecule has 0 spiro atoms. The lowest BCUT2D eigenvalue weighted by molar-refractivity contribution is -0.133. The molecule has 2 N–H and O–H groups in total. The highest BCUT2D eigenvalue weighted by molar-refractivity contribution is 6.04. The van der Waals surface area contributed by atoms with Crippen LogP contribution in [0.3, 0.4) is 0 Å². The van der Waals surface area contributed by atoms with Gasteiger partial charge in [-0.15, -0.1) is 0 Å². The van der Waals surface area contributed by atoms with Crippen molar-refractivity contribution in [3.63, 3.8) is 0 Å². The van der Waals surface area contributed by atoms with Gasteiger partial charge in [0, 0.05) is 25.3 Å². The summed E-state index contributed by atoms with van der Waals surface area (Å²) in [5, 5.41) is 9.23. The topological polar surface area (TPSA) is 123 Å². The number of fused-ring (bicyclic) bond motifs is 2. The third-order valence-corrected chi connectivity index (χ3v) is 5.92. The van der Waals surface area contributed by atoms with Crippen molar-refractivity contribution in [1.82, 2.24) is 15.4 Å². The molecule has 1 aromatic carbocycles. The van der Waals surface area contributed by atoms with Gasteiger partial charge in [0.15, 0.2) is 5.69 Å². The number of carbonyl (C=O) groups excluding carboxylic acids is 3. The summed E-state index contributed by atoms with van der Waals surface area (Å²) in [6.07, 6.45) is 1.13. The molecule has 0 saturated carbocycles. The van der Waals surface area contributed by atoms with Gasteiger partial charge in [0.2, 0.25) is 5.91 Å². The number of anilines is 1. The summed E-state index contributed by atoms with van der Waals surface area (Å²) in [6.45, 7) is 4.41. The number of rotatable bonds is 5. The van der Waals surface area contributed by atoms with Crippen LogP contribution in [-0.2, 0) is 9.53 Å². The van der Waals surface area contributed by atoms with E-state index in [1.807, 2.05) is 6.92 Å². The Balaban J connectivity index is 1.49. The molecule has 33 heavy (non-hydrogen) atoms. The molecule has 1 saturated heterocycles. The second-order valence-electron chi connectivity index (χ2n) is 8.31. The highest BCUT2D eigenvalue weighted by atomic mass is 16.5. The molecule has 0 bridgehead atoms. The van der Waals surface area contributed by atoms with Gasteiger partial charge in [-0.05, 0) is 44.9 Å². The van der Waals surface area contributed by atoms with Gasteiger partial charge in [-0.1, -0.05) is 5.16 Å². The zero-order valence-electron chi connectivity index (χ0n) is 18.9. The van der Waals surface area contributed by atoms with Gasteiger partial charge < -0.3 is 29.5 Å². The van der Waals surface area contributed by atoms with E-state index in [0.717, 1.165) is 0 Å². The van der Waals surface area contributed by atoms with E-state index in [9.17, 15) is 14.4 Å². The molecule has 2 aliphatic rings. The van der Waals surface area contributed by atoms with Crippen LogP contribution in [0.4, 0.5) is 5.69 Å². The summed E-state index contributed by atoms with van der Waals surface area (Å²) < 4.78 is 17.0. The lowest BCUT2D eigenvalue weighted by atomic mass is 9.94. The summed E-state index contributed by atoms with van der Waals surface area (Å²) in [6, 6.07) is 6.27. The molecule has 3 atom stereocenters. The number of amides is 3. The average molecular weight is 456 g/mol. The molecule has 2 aromatic rings. The van der Waals surface area contributed by atoms with Gasteiger partial charge in [-0.3, -0.25) is 14.4 Å². The van der Waals surface area contributed by atoms with Crippen molar-refractivity contribution in [3.05, 3.63) is 41.3 Å². The number of hydrogen-bond donors (Lipinski definition) is 2. The van der Waals surface area contributed by atoms with Gasteiger partial charge >= 0.3 is 0 Å². The summed E-state index contributed by atoms with van der Waals surface area (Å²) in [5.41, 5.74) is 0.960. The van der Waals surface area contributed by atoms with Crippen molar-refractivity contribution in [3.8, 4) is 5.75 Å². The number of ether oxygens (including phenoxy) is 2. The SMILES string of the molecule is CCNC(=O)C[C@@H]1CC[C@@H]2[C@@H](COc3ccc(NC(=O)c4cc(C)on4)cc3C(=O)N2C)O1. The fourth-order valence-corrected chi connectivity index (χ4v) is 4.25. The molecule has 0 aliphatic carbocycles.